The van der Waals surface area contributed by atoms with Gasteiger partial charge in [0, 0.05) is 6.42 Å². The van der Waals surface area contributed by atoms with Crippen molar-refractivity contribution in [2.45, 2.75) is 44.6 Å². The van der Waals surface area contributed by atoms with Crippen molar-refractivity contribution >= 4 is 27.9 Å². The molecule has 0 saturated heterocycles. The van der Waals surface area contributed by atoms with Gasteiger partial charge in [0.05, 0.1) is 6.17 Å². The van der Waals surface area contributed by atoms with Gasteiger partial charge in [0.1, 0.15) is 4.83 Å². The van der Waals surface area contributed by atoms with Crippen LogP contribution in [0, 0.1) is 5.41 Å². The number of alkyl halides is 1. The van der Waals surface area contributed by atoms with E-state index in [1.807, 2.05) is 20.8 Å². The quantitative estimate of drug-likeness (QED) is 0.347. The van der Waals surface area contributed by atoms with Crippen LogP contribution < -0.4 is 11.5 Å². The van der Waals surface area contributed by atoms with Crippen LogP contribution in [0.3, 0.4) is 0 Å². The number of hydrogen-bond donors (Lipinski definition) is 2. The third kappa shape index (κ3) is 6.19. The normalized spacial score (nSPS) is 13.7. The second-order valence-electron chi connectivity index (χ2n) is 4.72. The molecular weight excluding hydrogens is 276 g/mol. The summed E-state index contributed by atoms with van der Waals surface area (Å²) in [5, 5.41) is 0. The summed E-state index contributed by atoms with van der Waals surface area (Å²) in [6, 6.07) is 0. The average Bonchev–Trinajstić information content (AvgIpc) is 2.11. The smallest absolute Gasteiger partial charge is 0.327 e. The highest BCUT2D eigenvalue weighted by Gasteiger charge is 2.31. The molecule has 5 nitrogen and oxygen atoms in total. The molecule has 94 valence electrons. The second-order valence-corrected chi connectivity index (χ2v) is 5.64. The lowest BCUT2D eigenvalue weighted by atomic mass is 9.92. The van der Waals surface area contributed by atoms with Crippen LogP contribution in [0.15, 0.2) is 0 Å². The van der Waals surface area contributed by atoms with Gasteiger partial charge in [-0.2, -0.15) is 0 Å². The Labute approximate surface area is 104 Å². The van der Waals surface area contributed by atoms with E-state index in [1.54, 1.807) is 0 Å². The molecular formula is C10H19BrN2O3. The van der Waals surface area contributed by atoms with Crippen molar-refractivity contribution in [2.24, 2.45) is 16.9 Å². The summed E-state index contributed by atoms with van der Waals surface area (Å²) in [7, 11) is 0. The van der Waals surface area contributed by atoms with E-state index in [1.165, 1.54) is 0 Å². The molecule has 0 spiro atoms. The van der Waals surface area contributed by atoms with Crippen LogP contribution in [0.2, 0.25) is 0 Å². The maximum Gasteiger partial charge on any atom is 0.327 e. The Balaban J connectivity index is 4.10. The van der Waals surface area contributed by atoms with E-state index in [-0.39, 0.29) is 11.8 Å². The number of carbonyl (C=O) groups is 2. The maximum absolute atomic E-state index is 11.5. The van der Waals surface area contributed by atoms with Crippen molar-refractivity contribution in [1.29, 1.82) is 0 Å². The number of carbonyl (C=O) groups excluding carboxylic acids is 2. The molecule has 0 aliphatic carbocycles. The summed E-state index contributed by atoms with van der Waals surface area (Å²) in [5.41, 5.74) is 10.2. The van der Waals surface area contributed by atoms with Gasteiger partial charge in [0.2, 0.25) is 0 Å². The monoisotopic (exact) mass is 294 g/mol. The van der Waals surface area contributed by atoms with Gasteiger partial charge in [-0.25, -0.2) is 0 Å². The largest absolute Gasteiger partial charge is 0.392 e. The lowest BCUT2D eigenvalue weighted by Crippen LogP contribution is -2.34. The van der Waals surface area contributed by atoms with Gasteiger partial charge in [0.15, 0.2) is 0 Å². The molecule has 0 radical (unpaired) electrons. The minimum Gasteiger partial charge on any atom is -0.392 e. The van der Waals surface area contributed by atoms with Crippen molar-refractivity contribution in [3.8, 4) is 0 Å². The molecule has 1 atom stereocenters. The standard InChI is InChI=1S/C10H19BrN2O3/c1-10(2,3)8(11)9(15)16-7(14)5-4-6(12)13/h6,8H,4-5,12-13H2,1-3H3. The molecule has 0 rings (SSSR count). The van der Waals surface area contributed by atoms with Gasteiger partial charge in [0.25, 0.3) is 0 Å². The van der Waals surface area contributed by atoms with Crippen molar-refractivity contribution in [3.05, 3.63) is 0 Å². The van der Waals surface area contributed by atoms with E-state index in [0.717, 1.165) is 0 Å². The van der Waals surface area contributed by atoms with Crippen LogP contribution in [-0.4, -0.2) is 22.9 Å². The van der Waals surface area contributed by atoms with E-state index < -0.39 is 22.9 Å². The maximum atomic E-state index is 11.5. The molecule has 0 aromatic heterocycles. The van der Waals surface area contributed by atoms with Gasteiger partial charge in [-0.3, -0.25) is 9.59 Å². The summed E-state index contributed by atoms with van der Waals surface area (Å²) in [6.07, 6.45) is -0.216. The Bertz CT molecular complexity index is 261. The number of hydrogen-bond acceptors (Lipinski definition) is 5. The summed E-state index contributed by atoms with van der Waals surface area (Å²) >= 11 is 3.20. The minimum absolute atomic E-state index is 0.0489. The zero-order valence-electron chi connectivity index (χ0n) is 9.83. The highest BCUT2D eigenvalue weighted by Crippen LogP contribution is 2.27. The molecule has 6 heteroatoms. The number of ether oxygens (including phenoxy) is 1. The Hall–Kier alpha value is -0.460. The number of halogens is 1. The van der Waals surface area contributed by atoms with E-state index in [0.29, 0.717) is 6.42 Å². The third-order valence-corrected chi connectivity index (χ3v) is 3.61. The first-order valence-corrected chi connectivity index (χ1v) is 5.96. The fourth-order valence-corrected chi connectivity index (χ4v) is 0.946. The van der Waals surface area contributed by atoms with Crippen LogP contribution in [0.25, 0.3) is 0 Å². The zero-order chi connectivity index (χ0) is 12.9. The SMILES string of the molecule is CC(C)(C)C(Br)C(=O)OC(=O)CCC(N)N. The first kappa shape index (κ1) is 15.5. The van der Waals surface area contributed by atoms with E-state index in [2.05, 4.69) is 20.7 Å². The molecule has 0 fully saturated rings. The first-order valence-electron chi connectivity index (χ1n) is 5.04. The predicted octanol–water partition coefficient (Wildman–Crippen LogP) is 0.889. The van der Waals surface area contributed by atoms with Crippen LogP contribution >= 0.6 is 15.9 Å². The van der Waals surface area contributed by atoms with Crippen molar-refractivity contribution in [3.63, 3.8) is 0 Å². The molecule has 4 N–H and O–H groups in total. The van der Waals surface area contributed by atoms with Crippen molar-refractivity contribution in [1.82, 2.24) is 0 Å². The number of rotatable bonds is 4. The summed E-state index contributed by atoms with van der Waals surface area (Å²) < 4.78 is 4.65. The zero-order valence-corrected chi connectivity index (χ0v) is 11.4. The van der Waals surface area contributed by atoms with Gasteiger partial charge < -0.3 is 16.2 Å². The molecule has 1 unspecified atom stereocenters. The van der Waals surface area contributed by atoms with Crippen molar-refractivity contribution < 1.29 is 14.3 Å². The van der Waals surface area contributed by atoms with Crippen LogP contribution in [0.5, 0.6) is 0 Å². The average molecular weight is 295 g/mol. The summed E-state index contributed by atoms with van der Waals surface area (Å²) in [4.78, 5) is 22.2. The molecule has 0 aliphatic rings. The first-order chi connectivity index (χ1) is 7.14. The molecule has 0 saturated carbocycles. The predicted molar refractivity (Wildman–Crippen MR) is 64.7 cm³/mol. The molecule has 0 bridgehead atoms. The highest BCUT2D eigenvalue weighted by molar-refractivity contribution is 9.10. The van der Waals surface area contributed by atoms with Crippen molar-refractivity contribution in [2.75, 3.05) is 0 Å². The lowest BCUT2D eigenvalue weighted by Gasteiger charge is -2.23. The molecule has 0 heterocycles. The molecule has 0 aliphatic heterocycles. The molecule has 0 aromatic carbocycles. The van der Waals surface area contributed by atoms with E-state index in [9.17, 15) is 9.59 Å². The van der Waals surface area contributed by atoms with E-state index >= 15 is 0 Å². The fourth-order valence-electron chi connectivity index (χ4n) is 0.853. The van der Waals surface area contributed by atoms with Crippen LogP contribution in [0.4, 0.5) is 0 Å². The molecule has 0 aromatic rings. The minimum atomic E-state index is -0.598. The lowest BCUT2D eigenvalue weighted by molar-refractivity contribution is -0.160. The number of esters is 2. The van der Waals surface area contributed by atoms with Gasteiger partial charge >= 0.3 is 11.9 Å². The Morgan fingerprint density at radius 1 is 1.31 bits per heavy atom. The number of nitrogens with two attached hydrogens (primary N) is 2. The highest BCUT2D eigenvalue weighted by atomic mass is 79.9. The Morgan fingerprint density at radius 3 is 2.19 bits per heavy atom. The second kappa shape index (κ2) is 6.32. The summed E-state index contributed by atoms with van der Waals surface area (Å²) in [6.45, 7) is 5.61. The van der Waals surface area contributed by atoms with Crippen LogP contribution in [0.1, 0.15) is 33.6 Å². The van der Waals surface area contributed by atoms with Gasteiger partial charge in [-0.1, -0.05) is 36.7 Å². The van der Waals surface area contributed by atoms with E-state index in [4.69, 9.17) is 11.5 Å². The topological polar surface area (TPSA) is 95.4 Å². The van der Waals surface area contributed by atoms with Gasteiger partial charge in [-0.05, 0) is 11.8 Å². The Morgan fingerprint density at radius 2 is 1.81 bits per heavy atom. The fraction of sp³-hybridized carbons (Fsp3) is 0.800. The summed E-state index contributed by atoms with van der Waals surface area (Å²) in [5.74, 6) is -1.18. The third-order valence-electron chi connectivity index (χ3n) is 1.86. The van der Waals surface area contributed by atoms with Crippen LogP contribution in [-0.2, 0) is 14.3 Å². The Kier molecular flexibility index (Phi) is 6.14. The molecule has 0 amide bonds. The van der Waals surface area contributed by atoms with Gasteiger partial charge in [-0.15, -0.1) is 0 Å². The molecule has 16 heavy (non-hydrogen) atoms.